The fourth-order valence-corrected chi connectivity index (χ4v) is 3.83. The van der Waals surface area contributed by atoms with E-state index in [1.165, 1.54) is 16.1 Å². The van der Waals surface area contributed by atoms with E-state index >= 15 is 0 Å². The second kappa shape index (κ2) is 4.44. The molecule has 0 aromatic carbocycles. The molecule has 4 heteroatoms. The van der Waals surface area contributed by atoms with Crippen molar-refractivity contribution in [3.8, 4) is 0 Å². The van der Waals surface area contributed by atoms with Gasteiger partial charge in [0, 0.05) is 28.7 Å². The number of nitrogens with zero attached hydrogens (tertiary/aromatic N) is 2. The highest BCUT2D eigenvalue weighted by molar-refractivity contribution is 7.11. The van der Waals surface area contributed by atoms with Gasteiger partial charge in [-0.2, -0.15) is 0 Å². The Hall–Kier alpha value is -1.26. The molecular weight excluding hydrogens is 242 g/mol. The van der Waals surface area contributed by atoms with Crippen LogP contribution in [0.3, 0.4) is 0 Å². The number of hydrogen-bond donors (Lipinski definition) is 1. The van der Waals surface area contributed by atoms with Crippen molar-refractivity contribution in [1.29, 1.82) is 0 Å². The molecule has 0 fully saturated rings. The van der Waals surface area contributed by atoms with Gasteiger partial charge in [-0.15, -0.1) is 11.3 Å². The third kappa shape index (κ3) is 1.85. The van der Waals surface area contributed by atoms with Crippen molar-refractivity contribution >= 4 is 11.3 Å². The van der Waals surface area contributed by atoms with E-state index in [0.717, 1.165) is 23.5 Å². The minimum Gasteiger partial charge on any atom is -0.323 e. The van der Waals surface area contributed by atoms with Crippen molar-refractivity contribution in [3.05, 3.63) is 45.2 Å². The lowest BCUT2D eigenvalue weighted by Gasteiger charge is -2.18. The van der Waals surface area contributed by atoms with Crippen molar-refractivity contribution in [2.24, 2.45) is 5.73 Å². The van der Waals surface area contributed by atoms with Gasteiger partial charge in [0.05, 0.1) is 10.7 Å². The Morgan fingerprint density at radius 3 is 3.00 bits per heavy atom. The quantitative estimate of drug-likeness (QED) is 0.902. The first kappa shape index (κ1) is 11.8. The molecule has 2 atom stereocenters. The Bertz CT molecular complexity index is 576. The summed E-state index contributed by atoms with van der Waals surface area (Å²) in [4.78, 5) is 10.2. The molecule has 2 N–H and O–H groups in total. The number of pyridine rings is 1. The molecule has 1 aliphatic rings. The Labute approximate surface area is 111 Å². The van der Waals surface area contributed by atoms with Crippen LogP contribution in [0.5, 0.6) is 0 Å². The van der Waals surface area contributed by atoms with Gasteiger partial charge in [-0.1, -0.05) is 6.07 Å². The molecule has 0 spiro atoms. The number of nitrogens with two attached hydrogens (primary N) is 1. The van der Waals surface area contributed by atoms with E-state index < -0.39 is 0 Å². The van der Waals surface area contributed by atoms with Crippen LogP contribution in [0.25, 0.3) is 0 Å². The van der Waals surface area contributed by atoms with E-state index in [1.807, 2.05) is 26.1 Å². The monoisotopic (exact) mass is 259 g/mol. The molecule has 0 aliphatic heterocycles. The largest absolute Gasteiger partial charge is 0.323 e. The number of hydrogen-bond acceptors (Lipinski definition) is 4. The van der Waals surface area contributed by atoms with Crippen LogP contribution in [-0.4, -0.2) is 9.97 Å². The maximum Gasteiger partial charge on any atom is 0.0900 e. The summed E-state index contributed by atoms with van der Waals surface area (Å²) in [5.41, 5.74) is 10.1. The molecular formula is C14H17N3S. The number of aromatic nitrogens is 2. The maximum absolute atomic E-state index is 6.46. The summed E-state index contributed by atoms with van der Waals surface area (Å²) in [5.74, 6) is 0.347. The highest BCUT2D eigenvalue weighted by Gasteiger charge is 2.31. The van der Waals surface area contributed by atoms with Gasteiger partial charge in [0.15, 0.2) is 0 Å². The van der Waals surface area contributed by atoms with Crippen LogP contribution >= 0.6 is 11.3 Å². The predicted molar refractivity (Wildman–Crippen MR) is 73.8 cm³/mol. The lowest BCUT2D eigenvalue weighted by molar-refractivity contribution is 0.545. The number of rotatable bonds is 2. The van der Waals surface area contributed by atoms with Gasteiger partial charge in [0.2, 0.25) is 0 Å². The topological polar surface area (TPSA) is 51.8 Å². The van der Waals surface area contributed by atoms with Gasteiger partial charge < -0.3 is 5.73 Å². The summed E-state index contributed by atoms with van der Waals surface area (Å²) in [7, 11) is 0. The summed E-state index contributed by atoms with van der Waals surface area (Å²) in [6.45, 7) is 4.09. The first-order valence-corrected chi connectivity index (χ1v) is 7.11. The van der Waals surface area contributed by atoms with Crippen molar-refractivity contribution in [2.75, 3.05) is 0 Å². The van der Waals surface area contributed by atoms with E-state index in [0.29, 0.717) is 5.92 Å². The standard InChI is InChI=1S/C14H17N3S/c1-8-14(18-9(2)17-8)12(15)11-6-5-10-4-3-7-16-13(10)11/h3-4,7,11-12H,5-6,15H2,1-2H3. The lowest BCUT2D eigenvalue weighted by Crippen LogP contribution is -2.18. The van der Waals surface area contributed by atoms with E-state index in [9.17, 15) is 0 Å². The van der Waals surface area contributed by atoms with E-state index in [-0.39, 0.29) is 6.04 Å². The van der Waals surface area contributed by atoms with Crippen molar-refractivity contribution < 1.29 is 0 Å². The molecule has 3 nitrogen and oxygen atoms in total. The first-order chi connectivity index (χ1) is 8.66. The minimum atomic E-state index is 0.0346. The molecule has 2 aromatic rings. The third-order valence-electron chi connectivity index (χ3n) is 3.68. The second-order valence-corrected chi connectivity index (χ2v) is 6.14. The lowest BCUT2D eigenvalue weighted by atomic mass is 9.96. The summed E-state index contributed by atoms with van der Waals surface area (Å²) < 4.78 is 0. The van der Waals surface area contributed by atoms with Gasteiger partial charge in [-0.25, -0.2) is 4.98 Å². The van der Waals surface area contributed by atoms with Gasteiger partial charge >= 0.3 is 0 Å². The smallest absolute Gasteiger partial charge is 0.0900 e. The van der Waals surface area contributed by atoms with Gasteiger partial charge in [0.1, 0.15) is 0 Å². The molecule has 2 aromatic heterocycles. The molecule has 3 rings (SSSR count). The average Bonchev–Trinajstić information content (AvgIpc) is 2.92. The summed E-state index contributed by atoms with van der Waals surface area (Å²) >= 11 is 1.72. The molecule has 2 unspecified atom stereocenters. The zero-order valence-corrected chi connectivity index (χ0v) is 11.5. The number of fused-ring (bicyclic) bond motifs is 1. The summed E-state index contributed by atoms with van der Waals surface area (Å²) in [5, 5.41) is 1.09. The van der Waals surface area contributed by atoms with Gasteiger partial charge in [-0.05, 0) is 38.3 Å². The zero-order chi connectivity index (χ0) is 12.7. The Kier molecular flexibility index (Phi) is 2.92. The number of thiazole rings is 1. The molecule has 18 heavy (non-hydrogen) atoms. The normalized spacial score (nSPS) is 19.8. The van der Waals surface area contributed by atoms with Gasteiger partial charge in [-0.3, -0.25) is 4.98 Å². The highest BCUT2D eigenvalue weighted by Crippen LogP contribution is 2.41. The number of aryl methyl sites for hydroxylation is 3. The molecule has 0 saturated carbocycles. The van der Waals surface area contributed by atoms with E-state index in [4.69, 9.17) is 5.73 Å². The van der Waals surface area contributed by atoms with Crippen LogP contribution in [0.2, 0.25) is 0 Å². The summed E-state index contributed by atoms with van der Waals surface area (Å²) in [6, 6.07) is 4.21. The minimum absolute atomic E-state index is 0.0346. The SMILES string of the molecule is Cc1nc(C)c(C(N)C2CCc3cccnc32)s1. The molecule has 94 valence electrons. The fourth-order valence-electron chi connectivity index (χ4n) is 2.83. The molecule has 0 radical (unpaired) electrons. The molecule has 0 bridgehead atoms. The Morgan fingerprint density at radius 1 is 1.44 bits per heavy atom. The van der Waals surface area contributed by atoms with Crippen molar-refractivity contribution in [3.63, 3.8) is 0 Å². The molecule has 0 amide bonds. The first-order valence-electron chi connectivity index (χ1n) is 6.30. The van der Waals surface area contributed by atoms with Crippen LogP contribution in [0.1, 0.15) is 45.2 Å². The van der Waals surface area contributed by atoms with Gasteiger partial charge in [0.25, 0.3) is 0 Å². The Morgan fingerprint density at radius 2 is 2.28 bits per heavy atom. The van der Waals surface area contributed by atoms with Crippen LogP contribution < -0.4 is 5.73 Å². The maximum atomic E-state index is 6.46. The Balaban J connectivity index is 1.95. The predicted octanol–water partition coefficient (Wildman–Crippen LogP) is 2.88. The summed E-state index contributed by atoms with van der Waals surface area (Å²) in [6.07, 6.45) is 4.07. The van der Waals surface area contributed by atoms with Crippen LogP contribution in [0.4, 0.5) is 0 Å². The van der Waals surface area contributed by atoms with Crippen molar-refractivity contribution in [2.45, 2.75) is 38.6 Å². The molecule has 1 aliphatic carbocycles. The highest BCUT2D eigenvalue weighted by atomic mass is 32.1. The van der Waals surface area contributed by atoms with E-state index in [2.05, 4.69) is 16.0 Å². The van der Waals surface area contributed by atoms with E-state index in [1.54, 1.807) is 11.3 Å². The van der Waals surface area contributed by atoms with Crippen LogP contribution in [0.15, 0.2) is 18.3 Å². The third-order valence-corrected chi connectivity index (χ3v) is 4.85. The average molecular weight is 259 g/mol. The van der Waals surface area contributed by atoms with Crippen molar-refractivity contribution in [1.82, 2.24) is 9.97 Å². The fraction of sp³-hybridized carbons (Fsp3) is 0.429. The van der Waals surface area contributed by atoms with Crippen LogP contribution in [0, 0.1) is 13.8 Å². The zero-order valence-electron chi connectivity index (χ0n) is 10.7. The molecule has 0 saturated heterocycles. The second-order valence-electron chi connectivity index (χ2n) is 4.90. The molecule has 2 heterocycles. The van der Waals surface area contributed by atoms with Crippen LogP contribution in [-0.2, 0) is 6.42 Å².